The lowest BCUT2D eigenvalue weighted by Crippen LogP contribution is -2.38. The van der Waals surface area contributed by atoms with E-state index in [2.05, 4.69) is 15.3 Å². The second-order valence-corrected chi connectivity index (χ2v) is 5.40. The van der Waals surface area contributed by atoms with E-state index in [1.807, 2.05) is 18.7 Å². The van der Waals surface area contributed by atoms with E-state index in [0.717, 1.165) is 38.3 Å². The van der Waals surface area contributed by atoms with E-state index in [-0.39, 0.29) is 12.0 Å². The third-order valence-corrected chi connectivity index (χ3v) is 3.63. The molecule has 1 aromatic rings. The minimum Gasteiger partial charge on any atom is -0.354 e. The zero-order valence-corrected chi connectivity index (χ0v) is 12.4. The first-order valence-corrected chi connectivity index (χ1v) is 7.38. The summed E-state index contributed by atoms with van der Waals surface area (Å²) in [5.41, 5.74) is -0.885. The molecule has 1 aromatic heterocycles. The average molecular weight is 302 g/mol. The van der Waals surface area contributed by atoms with Crippen LogP contribution in [0.25, 0.3) is 0 Å². The fourth-order valence-corrected chi connectivity index (χ4v) is 2.48. The van der Waals surface area contributed by atoms with E-state index in [1.165, 1.54) is 0 Å². The van der Waals surface area contributed by atoms with Crippen LogP contribution in [0.2, 0.25) is 0 Å². The van der Waals surface area contributed by atoms with Gasteiger partial charge in [-0.1, -0.05) is 6.92 Å². The Hall–Kier alpha value is -1.53. The number of halogens is 3. The van der Waals surface area contributed by atoms with Gasteiger partial charge in [0.2, 0.25) is 5.95 Å². The van der Waals surface area contributed by atoms with Gasteiger partial charge < -0.3 is 10.2 Å². The quantitative estimate of drug-likeness (QED) is 0.921. The summed E-state index contributed by atoms with van der Waals surface area (Å²) in [6.45, 7) is 5.25. The van der Waals surface area contributed by atoms with Crippen LogP contribution in [0, 0.1) is 0 Å². The SMILES string of the molecule is CCCNc1nc(N2CCCCC2C)cc(C(F)(F)F)n1. The third kappa shape index (κ3) is 3.98. The van der Waals surface area contributed by atoms with Crippen molar-refractivity contribution >= 4 is 11.8 Å². The molecule has 1 aliphatic heterocycles. The largest absolute Gasteiger partial charge is 0.433 e. The molecule has 1 atom stereocenters. The van der Waals surface area contributed by atoms with Gasteiger partial charge in [0.15, 0.2) is 5.69 Å². The van der Waals surface area contributed by atoms with Crippen LogP contribution >= 0.6 is 0 Å². The Morgan fingerprint density at radius 1 is 1.33 bits per heavy atom. The summed E-state index contributed by atoms with van der Waals surface area (Å²) >= 11 is 0. The molecule has 0 bridgehead atoms. The van der Waals surface area contributed by atoms with Crippen LogP contribution in [0.4, 0.5) is 24.9 Å². The molecule has 0 saturated carbocycles. The highest BCUT2D eigenvalue weighted by Crippen LogP contribution is 2.32. The van der Waals surface area contributed by atoms with Gasteiger partial charge in [0, 0.05) is 25.2 Å². The van der Waals surface area contributed by atoms with E-state index >= 15 is 0 Å². The summed E-state index contributed by atoms with van der Waals surface area (Å²) < 4.78 is 39.0. The first-order valence-electron chi connectivity index (χ1n) is 7.38. The minimum absolute atomic E-state index is 0.0550. The first-order chi connectivity index (χ1) is 9.91. The molecule has 4 nitrogen and oxygen atoms in total. The van der Waals surface area contributed by atoms with Crippen molar-refractivity contribution in [2.45, 2.75) is 51.7 Å². The van der Waals surface area contributed by atoms with Gasteiger partial charge in [-0.15, -0.1) is 0 Å². The number of hydrogen-bond acceptors (Lipinski definition) is 4. The van der Waals surface area contributed by atoms with Crippen LogP contribution in [0.15, 0.2) is 6.07 Å². The number of hydrogen-bond donors (Lipinski definition) is 1. The molecule has 1 saturated heterocycles. The van der Waals surface area contributed by atoms with Gasteiger partial charge in [-0.05, 0) is 32.6 Å². The van der Waals surface area contributed by atoms with Crippen LogP contribution in [-0.4, -0.2) is 29.1 Å². The zero-order chi connectivity index (χ0) is 15.5. The van der Waals surface area contributed by atoms with E-state index in [0.29, 0.717) is 12.4 Å². The van der Waals surface area contributed by atoms with E-state index in [1.54, 1.807) is 0 Å². The number of alkyl halides is 3. The Kier molecular flexibility index (Phi) is 4.90. The predicted molar refractivity (Wildman–Crippen MR) is 76.5 cm³/mol. The zero-order valence-electron chi connectivity index (χ0n) is 12.4. The van der Waals surface area contributed by atoms with Gasteiger partial charge in [0.25, 0.3) is 0 Å². The van der Waals surface area contributed by atoms with Gasteiger partial charge in [-0.3, -0.25) is 0 Å². The van der Waals surface area contributed by atoms with Crippen molar-refractivity contribution in [2.24, 2.45) is 0 Å². The van der Waals surface area contributed by atoms with Gasteiger partial charge in [0.05, 0.1) is 0 Å². The maximum atomic E-state index is 13.0. The number of anilines is 2. The summed E-state index contributed by atoms with van der Waals surface area (Å²) in [4.78, 5) is 9.79. The van der Waals surface area contributed by atoms with E-state index in [4.69, 9.17) is 0 Å². The lowest BCUT2D eigenvalue weighted by Gasteiger charge is -2.34. The summed E-state index contributed by atoms with van der Waals surface area (Å²) in [6, 6.07) is 1.26. The molecule has 0 spiro atoms. The molecule has 0 aliphatic carbocycles. The van der Waals surface area contributed by atoms with Crippen molar-refractivity contribution in [3.8, 4) is 0 Å². The van der Waals surface area contributed by atoms with Gasteiger partial charge in [-0.2, -0.15) is 18.2 Å². The van der Waals surface area contributed by atoms with Crippen molar-refractivity contribution in [3.63, 3.8) is 0 Å². The fraction of sp³-hybridized carbons (Fsp3) is 0.714. The third-order valence-electron chi connectivity index (χ3n) is 3.63. The van der Waals surface area contributed by atoms with Crippen molar-refractivity contribution < 1.29 is 13.2 Å². The highest BCUT2D eigenvalue weighted by molar-refractivity contribution is 5.46. The lowest BCUT2D eigenvalue weighted by molar-refractivity contribution is -0.141. The molecule has 1 N–H and O–H groups in total. The minimum atomic E-state index is -4.46. The number of nitrogens with one attached hydrogen (secondary N) is 1. The molecule has 0 aromatic carbocycles. The highest BCUT2D eigenvalue weighted by Gasteiger charge is 2.34. The molecule has 2 rings (SSSR count). The van der Waals surface area contributed by atoms with Crippen molar-refractivity contribution in [3.05, 3.63) is 11.8 Å². The van der Waals surface area contributed by atoms with Gasteiger partial charge >= 0.3 is 6.18 Å². The molecule has 0 amide bonds. The number of nitrogens with zero attached hydrogens (tertiary/aromatic N) is 3. The topological polar surface area (TPSA) is 41.1 Å². The Bertz CT molecular complexity index is 476. The molecule has 1 aliphatic rings. The lowest BCUT2D eigenvalue weighted by atomic mass is 10.0. The van der Waals surface area contributed by atoms with Crippen LogP contribution < -0.4 is 10.2 Å². The summed E-state index contributed by atoms with van der Waals surface area (Å²) in [7, 11) is 0. The standard InChI is InChI=1S/C14H21F3N4/c1-3-7-18-13-19-11(14(15,16)17)9-12(20-13)21-8-5-4-6-10(21)2/h9-10H,3-8H2,1-2H3,(H,18,19,20). The number of rotatable bonds is 4. The second kappa shape index (κ2) is 6.49. The van der Waals surface area contributed by atoms with Crippen LogP contribution in [0.1, 0.15) is 45.2 Å². The molecule has 21 heavy (non-hydrogen) atoms. The summed E-state index contributed by atoms with van der Waals surface area (Å²) in [5.74, 6) is 0.419. The summed E-state index contributed by atoms with van der Waals surface area (Å²) in [6.07, 6.45) is -0.597. The average Bonchev–Trinajstić information content (AvgIpc) is 2.44. The Morgan fingerprint density at radius 2 is 2.10 bits per heavy atom. The van der Waals surface area contributed by atoms with E-state index < -0.39 is 11.9 Å². The Morgan fingerprint density at radius 3 is 2.71 bits per heavy atom. The van der Waals surface area contributed by atoms with Gasteiger partial charge in [0.1, 0.15) is 5.82 Å². The fourth-order valence-electron chi connectivity index (χ4n) is 2.48. The van der Waals surface area contributed by atoms with Crippen LogP contribution in [-0.2, 0) is 6.18 Å². The Balaban J connectivity index is 2.34. The van der Waals surface area contributed by atoms with E-state index in [9.17, 15) is 13.2 Å². The maximum Gasteiger partial charge on any atom is 0.433 e. The normalized spacial score (nSPS) is 19.7. The molecular weight excluding hydrogens is 281 g/mol. The molecule has 0 radical (unpaired) electrons. The van der Waals surface area contributed by atoms with Crippen LogP contribution in [0.5, 0.6) is 0 Å². The molecule has 2 heterocycles. The monoisotopic (exact) mass is 302 g/mol. The molecule has 1 unspecified atom stereocenters. The van der Waals surface area contributed by atoms with Gasteiger partial charge in [-0.25, -0.2) is 4.98 Å². The smallest absolute Gasteiger partial charge is 0.354 e. The number of piperidine rings is 1. The highest BCUT2D eigenvalue weighted by atomic mass is 19.4. The van der Waals surface area contributed by atoms with Crippen molar-refractivity contribution in [2.75, 3.05) is 23.3 Å². The second-order valence-electron chi connectivity index (χ2n) is 5.40. The van der Waals surface area contributed by atoms with Crippen LogP contribution in [0.3, 0.4) is 0 Å². The molecular formula is C14H21F3N4. The molecule has 7 heteroatoms. The maximum absolute atomic E-state index is 13.0. The summed E-state index contributed by atoms with van der Waals surface area (Å²) in [5, 5.41) is 2.85. The molecule has 1 fully saturated rings. The number of aromatic nitrogens is 2. The molecule has 118 valence electrons. The predicted octanol–water partition coefficient (Wildman–Crippen LogP) is 3.70. The van der Waals surface area contributed by atoms with Crippen molar-refractivity contribution in [1.29, 1.82) is 0 Å². The first kappa shape index (κ1) is 15.9. The van der Waals surface area contributed by atoms with Crippen molar-refractivity contribution in [1.82, 2.24) is 9.97 Å². The Labute approximate surface area is 122 Å².